The molecule has 2 atom stereocenters. The molecule has 0 spiro atoms. The van der Waals surface area contributed by atoms with Crippen molar-refractivity contribution in [1.29, 1.82) is 0 Å². The lowest BCUT2D eigenvalue weighted by molar-refractivity contribution is -0.130. The van der Waals surface area contributed by atoms with E-state index in [0.29, 0.717) is 25.2 Å². The maximum Gasteiger partial charge on any atom is 0.317 e. The SMILES string of the molecule is CC(=O)N(CC1CCCN1C(=O)NCCC1CCCO1)C1CC1. The van der Waals surface area contributed by atoms with Crippen LogP contribution in [0.1, 0.15) is 51.9 Å². The predicted octanol–water partition coefficient (Wildman–Crippen LogP) is 1.74. The Morgan fingerprint density at radius 3 is 2.70 bits per heavy atom. The Labute approximate surface area is 138 Å². The lowest BCUT2D eigenvalue weighted by Gasteiger charge is -2.30. The first kappa shape index (κ1) is 16.6. The van der Waals surface area contributed by atoms with Crippen LogP contribution in [0.3, 0.4) is 0 Å². The van der Waals surface area contributed by atoms with Gasteiger partial charge in [-0.2, -0.15) is 0 Å². The number of likely N-dealkylation sites (tertiary alicyclic amines) is 1. The topological polar surface area (TPSA) is 61.9 Å². The smallest absolute Gasteiger partial charge is 0.317 e. The molecule has 0 aromatic rings. The van der Waals surface area contributed by atoms with Crippen LogP contribution in [0, 0.1) is 0 Å². The summed E-state index contributed by atoms with van der Waals surface area (Å²) in [5.74, 6) is 0.137. The minimum absolute atomic E-state index is 0.0183. The first-order chi connectivity index (χ1) is 11.1. The van der Waals surface area contributed by atoms with E-state index in [1.54, 1.807) is 6.92 Å². The molecular formula is C17H29N3O3. The Morgan fingerprint density at radius 2 is 2.04 bits per heavy atom. The standard InChI is InChI=1S/C17H29N3O3/c1-13(21)20(14-6-7-14)12-15-4-2-10-19(15)17(22)18-9-8-16-5-3-11-23-16/h14-16H,2-12H2,1H3,(H,18,22). The fourth-order valence-corrected chi connectivity index (χ4v) is 3.75. The van der Waals surface area contributed by atoms with Gasteiger partial charge >= 0.3 is 6.03 Å². The van der Waals surface area contributed by atoms with Crippen molar-refractivity contribution in [2.24, 2.45) is 0 Å². The zero-order chi connectivity index (χ0) is 16.2. The first-order valence-corrected chi connectivity index (χ1v) is 9.08. The molecular weight excluding hydrogens is 294 g/mol. The number of rotatable bonds is 6. The van der Waals surface area contributed by atoms with Gasteiger partial charge in [0.05, 0.1) is 12.1 Å². The molecule has 0 radical (unpaired) electrons. The van der Waals surface area contributed by atoms with Gasteiger partial charge in [0.2, 0.25) is 5.91 Å². The van der Waals surface area contributed by atoms with Gasteiger partial charge in [0.15, 0.2) is 0 Å². The third kappa shape index (κ3) is 4.37. The molecule has 23 heavy (non-hydrogen) atoms. The second-order valence-electron chi connectivity index (χ2n) is 7.05. The van der Waals surface area contributed by atoms with Crippen LogP contribution in [-0.2, 0) is 9.53 Å². The van der Waals surface area contributed by atoms with Crippen molar-refractivity contribution in [1.82, 2.24) is 15.1 Å². The Hall–Kier alpha value is -1.30. The highest BCUT2D eigenvalue weighted by molar-refractivity contribution is 5.76. The van der Waals surface area contributed by atoms with Gasteiger partial charge in [0.25, 0.3) is 0 Å². The van der Waals surface area contributed by atoms with Crippen LogP contribution in [-0.4, -0.2) is 66.2 Å². The van der Waals surface area contributed by atoms with Crippen molar-refractivity contribution >= 4 is 11.9 Å². The molecule has 3 amide bonds. The van der Waals surface area contributed by atoms with Crippen LogP contribution in [0.4, 0.5) is 4.79 Å². The van der Waals surface area contributed by atoms with Crippen molar-refractivity contribution in [2.75, 3.05) is 26.2 Å². The molecule has 3 aliphatic rings. The summed E-state index contributed by atoms with van der Waals surface area (Å²) in [6, 6.07) is 0.601. The molecule has 2 saturated heterocycles. The lowest BCUT2D eigenvalue weighted by Crippen LogP contribution is -2.49. The quantitative estimate of drug-likeness (QED) is 0.810. The maximum atomic E-state index is 12.4. The summed E-state index contributed by atoms with van der Waals surface area (Å²) in [4.78, 5) is 28.1. The molecule has 6 heteroatoms. The summed E-state index contributed by atoms with van der Waals surface area (Å²) in [5, 5.41) is 3.03. The number of urea groups is 1. The Morgan fingerprint density at radius 1 is 1.22 bits per heavy atom. The summed E-state index contributed by atoms with van der Waals surface area (Å²) in [5.41, 5.74) is 0. The molecule has 3 rings (SSSR count). The van der Waals surface area contributed by atoms with E-state index in [4.69, 9.17) is 4.74 Å². The third-order valence-electron chi connectivity index (χ3n) is 5.20. The van der Waals surface area contributed by atoms with E-state index >= 15 is 0 Å². The average Bonchev–Trinajstić information content (AvgIpc) is 3.03. The van der Waals surface area contributed by atoms with Crippen LogP contribution < -0.4 is 5.32 Å². The van der Waals surface area contributed by atoms with E-state index in [0.717, 1.165) is 58.1 Å². The summed E-state index contributed by atoms with van der Waals surface area (Å²) in [6.07, 6.45) is 7.70. The van der Waals surface area contributed by atoms with Gasteiger partial charge in [-0.3, -0.25) is 4.79 Å². The molecule has 1 N–H and O–H groups in total. The minimum Gasteiger partial charge on any atom is -0.378 e. The van der Waals surface area contributed by atoms with Crippen molar-refractivity contribution in [3.8, 4) is 0 Å². The van der Waals surface area contributed by atoms with Crippen LogP contribution in [0.2, 0.25) is 0 Å². The second kappa shape index (κ2) is 7.51. The highest BCUT2D eigenvalue weighted by Gasteiger charge is 2.36. The Kier molecular flexibility index (Phi) is 5.41. The lowest BCUT2D eigenvalue weighted by atomic mass is 10.2. The zero-order valence-electron chi connectivity index (χ0n) is 14.1. The molecule has 130 valence electrons. The van der Waals surface area contributed by atoms with Crippen molar-refractivity contribution in [2.45, 2.75) is 70.1 Å². The van der Waals surface area contributed by atoms with E-state index in [1.807, 2.05) is 9.80 Å². The van der Waals surface area contributed by atoms with Crippen molar-refractivity contribution in [3.63, 3.8) is 0 Å². The van der Waals surface area contributed by atoms with Crippen LogP contribution >= 0.6 is 0 Å². The normalized spacial score (nSPS) is 27.3. The minimum atomic E-state index is 0.0183. The van der Waals surface area contributed by atoms with Gasteiger partial charge < -0.3 is 19.9 Å². The van der Waals surface area contributed by atoms with E-state index in [9.17, 15) is 9.59 Å². The van der Waals surface area contributed by atoms with Crippen LogP contribution in [0.15, 0.2) is 0 Å². The molecule has 1 aliphatic carbocycles. The third-order valence-corrected chi connectivity index (χ3v) is 5.20. The van der Waals surface area contributed by atoms with Gasteiger partial charge in [-0.1, -0.05) is 0 Å². The molecule has 3 fully saturated rings. The largest absolute Gasteiger partial charge is 0.378 e. The van der Waals surface area contributed by atoms with Crippen molar-refractivity contribution in [3.05, 3.63) is 0 Å². The number of carbonyl (C=O) groups excluding carboxylic acids is 2. The number of hydrogen-bond donors (Lipinski definition) is 1. The van der Waals surface area contributed by atoms with Crippen LogP contribution in [0.25, 0.3) is 0 Å². The monoisotopic (exact) mass is 323 g/mol. The van der Waals surface area contributed by atoms with E-state index in [2.05, 4.69) is 5.32 Å². The maximum absolute atomic E-state index is 12.4. The second-order valence-corrected chi connectivity index (χ2v) is 7.05. The van der Waals surface area contributed by atoms with Gasteiger partial charge in [-0.25, -0.2) is 4.79 Å². The van der Waals surface area contributed by atoms with Gasteiger partial charge in [0.1, 0.15) is 0 Å². The Bertz CT molecular complexity index is 433. The summed E-state index contributed by atoms with van der Waals surface area (Å²) < 4.78 is 5.58. The average molecular weight is 323 g/mol. The van der Waals surface area contributed by atoms with Gasteiger partial charge in [-0.05, 0) is 44.9 Å². The number of carbonyl (C=O) groups is 2. The van der Waals surface area contributed by atoms with E-state index < -0.39 is 0 Å². The highest BCUT2D eigenvalue weighted by atomic mass is 16.5. The molecule has 2 aliphatic heterocycles. The summed E-state index contributed by atoms with van der Waals surface area (Å²) in [6.45, 7) is 4.66. The summed E-state index contributed by atoms with van der Waals surface area (Å²) >= 11 is 0. The fourth-order valence-electron chi connectivity index (χ4n) is 3.75. The fraction of sp³-hybridized carbons (Fsp3) is 0.882. The van der Waals surface area contributed by atoms with Gasteiger partial charge in [0, 0.05) is 39.2 Å². The number of ether oxygens (including phenoxy) is 1. The molecule has 2 heterocycles. The highest BCUT2D eigenvalue weighted by Crippen LogP contribution is 2.29. The van der Waals surface area contributed by atoms with Crippen molar-refractivity contribution < 1.29 is 14.3 Å². The molecule has 2 unspecified atom stereocenters. The van der Waals surface area contributed by atoms with Gasteiger partial charge in [-0.15, -0.1) is 0 Å². The predicted molar refractivity (Wildman–Crippen MR) is 87.1 cm³/mol. The summed E-state index contributed by atoms with van der Waals surface area (Å²) in [7, 11) is 0. The number of nitrogens with zero attached hydrogens (tertiary/aromatic N) is 2. The van der Waals surface area contributed by atoms with E-state index in [-0.39, 0.29) is 18.0 Å². The molecule has 1 saturated carbocycles. The number of hydrogen-bond acceptors (Lipinski definition) is 3. The molecule has 6 nitrogen and oxygen atoms in total. The first-order valence-electron chi connectivity index (χ1n) is 9.08. The Balaban J connectivity index is 1.45. The molecule has 0 bridgehead atoms. The molecule has 0 aromatic carbocycles. The molecule has 0 aromatic heterocycles. The number of amides is 3. The van der Waals surface area contributed by atoms with E-state index in [1.165, 1.54) is 0 Å². The zero-order valence-corrected chi connectivity index (χ0v) is 14.1. The number of nitrogens with one attached hydrogen (secondary N) is 1. The van der Waals surface area contributed by atoms with Crippen LogP contribution in [0.5, 0.6) is 0 Å².